The molecule has 0 saturated carbocycles. The lowest BCUT2D eigenvalue weighted by molar-refractivity contribution is 0.528. The normalized spacial score (nSPS) is 13.3. The molecule has 0 aliphatic rings. The van der Waals surface area contributed by atoms with Crippen LogP contribution < -0.4 is 17.2 Å². The monoisotopic (exact) mass is 207 g/mol. The molecule has 15 heavy (non-hydrogen) atoms. The summed E-state index contributed by atoms with van der Waals surface area (Å²) in [5.41, 5.74) is 13.5. The molecule has 0 aliphatic carbocycles. The summed E-state index contributed by atoms with van der Waals surface area (Å²) in [6.45, 7) is 0.372. The number of rotatable bonds is 2. The average Bonchev–Trinajstić information content (AvgIpc) is 2.54. The minimum Gasteiger partial charge on any atom is -0.408 e. The third-order valence-corrected chi connectivity index (χ3v) is 2.50. The average molecular weight is 207 g/mol. The maximum absolute atomic E-state index is 11.2. The molecule has 2 rings (SSSR count). The molecule has 0 aliphatic heterocycles. The highest BCUT2D eigenvalue weighted by atomic mass is 16.4. The SMILES string of the molecule is Cn1c(=O)oc2ccc(C(N)CN)cc21. The maximum atomic E-state index is 11.2. The van der Waals surface area contributed by atoms with Crippen LogP contribution >= 0.6 is 0 Å². The first-order valence-corrected chi connectivity index (χ1v) is 4.68. The van der Waals surface area contributed by atoms with E-state index in [4.69, 9.17) is 15.9 Å². The number of nitrogens with two attached hydrogens (primary N) is 2. The molecule has 1 atom stereocenters. The van der Waals surface area contributed by atoms with E-state index in [1.54, 1.807) is 13.1 Å². The second kappa shape index (κ2) is 3.52. The van der Waals surface area contributed by atoms with Crippen LogP contribution in [0.4, 0.5) is 0 Å². The van der Waals surface area contributed by atoms with Crippen LogP contribution in [0.2, 0.25) is 0 Å². The van der Waals surface area contributed by atoms with E-state index in [0.29, 0.717) is 12.1 Å². The number of oxazole rings is 1. The number of aryl methyl sites for hydroxylation is 1. The zero-order valence-corrected chi connectivity index (χ0v) is 8.43. The summed E-state index contributed by atoms with van der Waals surface area (Å²) in [4.78, 5) is 11.2. The van der Waals surface area contributed by atoms with Crippen molar-refractivity contribution in [1.82, 2.24) is 4.57 Å². The van der Waals surface area contributed by atoms with E-state index in [-0.39, 0.29) is 11.8 Å². The van der Waals surface area contributed by atoms with Gasteiger partial charge in [-0.25, -0.2) is 4.79 Å². The van der Waals surface area contributed by atoms with Crippen molar-refractivity contribution in [3.05, 3.63) is 34.3 Å². The van der Waals surface area contributed by atoms with Crippen molar-refractivity contribution in [3.8, 4) is 0 Å². The highest BCUT2D eigenvalue weighted by Crippen LogP contribution is 2.17. The van der Waals surface area contributed by atoms with Gasteiger partial charge >= 0.3 is 5.76 Å². The fourth-order valence-electron chi connectivity index (χ4n) is 1.51. The van der Waals surface area contributed by atoms with Crippen LogP contribution in [0.1, 0.15) is 11.6 Å². The number of benzene rings is 1. The van der Waals surface area contributed by atoms with Gasteiger partial charge in [0, 0.05) is 19.6 Å². The molecule has 0 radical (unpaired) electrons. The second-order valence-electron chi connectivity index (χ2n) is 3.50. The van der Waals surface area contributed by atoms with Gasteiger partial charge in [0.1, 0.15) is 0 Å². The summed E-state index contributed by atoms with van der Waals surface area (Å²) in [6.07, 6.45) is 0. The maximum Gasteiger partial charge on any atom is 0.419 e. The van der Waals surface area contributed by atoms with Gasteiger partial charge in [-0.2, -0.15) is 0 Å². The summed E-state index contributed by atoms with van der Waals surface area (Å²) in [5, 5.41) is 0. The van der Waals surface area contributed by atoms with Gasteiger partial charge in [0.25, 0.3) is 0 Å². The second-order valence-corrected chi connectivity index (χ2v) is 3.50. The van der Waals surface area contributed by atoms with Crippen LogP contribution in [-0.4, -0.2) is 11.1 Å². The molecular weight excluding hydrogens is 194 g/mol. The smallest absolute Gasteiger partial charge is 0.408 e. The number of hydrogen-bond acceptors (Lipinski definition) is 4. The van der Waals surface area contributed by atoms with Gasteiger partial charge < -0.3 is 15.9 Å². The van der Waals surface area contributed by atoms with Crippen molar-refractivity contribution in [1.29, 1.82) is 0 Å². The molecule has 1 unspecified atom stereocenters. The van der Waals surface area contributed by atoms with Gasteiger partial charge in [0.15, 0.2) is 5.58 Å². The molecule has 4 N–H and O–H groups in total. The Kier molecular flexibility index (Phi) is 2.34. The van der Waals surface area contributed by atoms with Gasteiger partial charge in [-0.15, -0.1) is 0 Å². The van der Waals surface area contributed by atoms with E-state index in [9.17, 15) is 4.79 Å². The number of fused-ring (bicyclic) bond motifs is 1. The highest BCUT2D eigenvalue weighted by molar-refractivity contribution is 5.73. The fourth-order valence-corrected chi connectivity index (χ4v) is 1.51. The van der Waals surface area contributed by atoms with Gasteiger partial charge in [-0.1, -0.05) is 6.07 Å². The van der Waals surface area contributed by atoms with E-state index >= 15 is 0 Å². The van der Waals surface area contributed by atoms with E-state index < -0.39 is 0 Å². The molecule has 2 aromatic rings. The van der Waals surface area contributed by atoms with Crippen LogP contribution in [0.3, 0.4) is 0 Å². The van der Waals surface area contributed by atoms with Crippen molar-refractivity contribution in [2.75, 3.05) is 6.54 Å². The van der Waals surface area contributed by atoms with E-state index in [1.807, 2.05) is 12.1 Å². The Balaban J connectivity index is 2.64. The van der Waals surface area contributed by atoms with Crippen molar-refractivity contribution >= 4 is 11.1 Å². The Bertz CT molecular complexity index is 541. The predicted octanol–water partition coefficient (Wildman–Crippen LogP) is 0.0900. The van der Waals surface area contributed by atoms with Gasteiger partial charge in [-0.05, 0) is 17.7 Å². The van der Waals surface area contributed by atoms with E-state index in [2.05, 4.69) is 0 Å². The minimum absolute atomic E-state index is 0.209. The first kappa shape index (κ1) is 9.95. The first-order chi connectivity index (χ1) is 7.13. The lowest BCUT2D eigenvalue weighted by Gasteiger charge is -2.08. The molecule has 0 amide bonds. The molecule has 1 aromatic heterocycles. The lowest BCUT2D eigenvalue weighted by Crippen LogP contribution is -2.20. The summed E-state index contributed by atoms with van der Waals surface area (Å²) >= 11 is 0. The largest absolute Gasteiger partial charge is 0.419 e. The molecule has 0 saturated heterocycles. The van der Waals surface area contributed by atoms with Crippen LogP contribution in [-0.2, 0) is 7.05 Å². The molecular formula is C10H13N3O2. The predicted molar refractivity (Wildman–Crippen MR) is 57.4 cm³/mol. The number of hydrogen-bond donors (Lipinski definition) is 2. The van der Waals surface area contributed by atoms with E-state index in [1.165, 1.54) is 4.57 Å². The van der Waals surface area contributed by atoms with Crippen molar-refractivity contribution in [3.63, 3.8) is 0 Å². The Hall–Kier alpha value is -1.59. The fraction of sp³-hybridized carbons (Fsp3) is 0.300. The van der Waals surface area contributed by atoms with Crippen molar-refractivity contribution in [2.24, 2.45) is 18.5 Å². The molecule has 0 fully saturated rings. The van der Waals surface area contributed by atoms with Crippen LogP contribution in [0.5, 0.6) is 0 Å². The summed E-state index contributed by atoms with van der Waals surface area (Å²) in [7, 11) is 1.66. The number of aromatic nitrogens is 1. The van der Waals surface area contributed by atoms with Crippen LogP contribution in [0.25, 0.3) is 11.1 Å². The third kappa shape index (κ3) is 1.55. The van der Waals surface area contributed by atoms with Crippen molar-refractivity contribution in [2.45, 2.75) is 6.04 Å². The molecule has 0 bridgehead atoms. The Morgan fingerprint density at radius 3 is 2.93 bits per heavy atom. The van der Waals surface area contributed by atoms with Gasteiger partial charge in [-0.3, -0.25) is 4.57 Å². The summed E-state index contributed by atoms with van der Waals surface area (Å²) in [5.74, 6) is -0.372. The summed E-state index contributed by atoms with van der Waals surface area (Å²) < 4.78 is 6.45. The van der Waals surface area contributed by atoms with Crippen LogP contribution in [0.15, 0.2) is 27.4 Å². The zero-order chi connectivity index (χ0) is 11.0. The molecule has 0 spiro atoms. The Morgan fingerprint density at radius 2 is 2.27 bits per heavy atom. The van der Waals surface area contributed by atoms with Gasteiger partial charge in [0.05, 0.1) is 5.52 Å². The molecule has 5 nitrogen and oxygen atoms in total. The number of nitrogens with zero attached hydrogens (tertiary/aromatic N) is 1. The first-order valence-electron chi connectivity index (χ1n) is 4.68. The zero-order valence-electron chi connectivity index (χ0n) is 8.43. The molecule has 1 aromatic carbocycles. The summed E-state index contributed by atoms with van der Waals surface area (Å²) in [6, 6.07) is 5.18. The Labute approximate surface area is 86.3 Å². The van der Waals surface area contributed by atoms with E-state index in [0.717, 1.165) is 11.1 Å². The Morgan fingerprint density at radius 1 is 1.53 bits per heavy atom. The van der Waals surface area contributed by atoms with Crippen molar-refractivity contribution < 1.29 is 4.42 Å². The molecule has 80 valence electrons. The molecule has 1 heterocycles. The minimum atomic E-state index is -0.372. The molecule has 5 heteroatoms. The van der Waals surface area contributed by atoms with Crippen LogP contribution in [0, 0.1) is 0 Å². The quantitative estimate of drug-likeness (QED) is 0.730. The topological polar surface area (TPSA) is 87.2 Å². The lowest BCUT2D eigenvalue weighted by atomic mass is 10.1. The third-order valence-electron chi connectivity index (χ3n) is 2.50. The standard InChI is InChI=1S/C10H13N3O2/c1-13-8-4-6(7(12)5-11)2-3-9(8)15-10(13)14/h2-4,7H,5,11-12H2,1H3. The highest BCUT2D eigenvalue weighted by Gasteiger charge is 2.09. The van der Waals surface area contributed by atoms with Gasteiger partial charge in [0.2, 0.25) is 0 Å².